The molecule has 1 saturated carbocycles. The lowest BCUT2D eigenvalue weighted by molar-refractivity contribution is -0.119. The minimum absolute atomic E-state index is 0.0481. The molecule has 3 N–H and O–H groups in total. The Labute approximate surface area is 264 Å². The number of rotatable bonds is 10. The molecule has 232 valence electrons. The third-order valence-electron chi connectivity index (χ3n) is 8.39. The van der Waals surface area contributed by atoms with Gasteiger partial charge in [0.2, 0.25) is 11.8 Å². The molecule has 1 aliphatic carbocycles. The number of carbonyl (C=O) groups is 2. The van der Waals surface area contributed by atoms with Crippen molar-refractivity contribution in [1.29, 1.82) is 0 Å². The van der Waals surface area contributed by atoms with Crippen molar-refractivity contribution in [2.75, 3.05) is 32.1 Å². The maximum absolute atomic E-state index is 15.1. The van der Waals surface area contributed by atoms with Gasteiger partial charge < -0.3 is 35.0 Å². The monoisotopic (exact) mass is 629 g/mol. The molecule has 6 rings (SSSR count). The van der Waals surface area contributed by atoms with Crippen LogP contribution in [0.3, 0.4) is 0 Å². The molecule has 0 bridgehead atoms. The molecule has 45 heavy (non-hydrogen) atoms. The predicted octanol–water partition coefficient (Wildman–Crippen LogP) is 4.82. The molecule has 3 atom stereocenters. The van der Waals surface area contributed by atoms with Crippen LogP contribution in [-0.2, 0) is 16.0 Å². The van der Waals surface area contributed by atoms with Gasteiger partial charge in [-0.1, -0.05) is 30.3 Å². The third-order valence-corrected chi connectivity index (χ3v) is 8.60. The first-order chi connectivity index (χ1) is 21.9. The van der Waals surface area contributed by atoms with Gasteiger partial charge in [-0.2, -0.15) is 0 Å². The minimum atomic E-state index is -0.665. The van der Waals surface area contributed by atoms with Crippen molar-refractivity contribution in [3.63, 3.8) is 0 Å². The fraction of sp³-hybridized carbons (Fsp3) is 0.303. The number of fused-ring (bicyclic) bond motifs is 2. The first-order valence-electron chi connectivity index (χ1n) is 14.6. The zero-order valence-corrected chi connectivity index (χ0v) is 25.4. The molecule has 0 spiro atoms. The van der Waals surface area contributed by atoms with Crippen molar-refractivity contribution >= 4 is 46.1 Å². The van der Waals surface area contributed by atoms with Crippen LogP contribution in [0.1, 0.15) is 18.4 Å². The van der Waals surface area contributed by atoms with Crippen molar-refractivity contribution in [3.8, 4) is 23.1 Å². The lowest BCUT2D eigenvalue weighted by Crippen LogP contribution is -2.35. The molecule has 0 unspecified atom stereocenters. The Balaban J connectivity index is 1.11. The van der Waals surface area contributed by atoms with Crippen molar-refractivity contribution < 1.29 is 28.2 Å². The molecule has 1 aliphatic heterocycles. The fourth-order valence-corrected chi connectivity index (χ4v) is 6.43. The number of hydrogen-bond acceptors (Lipinski definition) is 9. The molecule has 3 aromatic carbocycles. The Hall–Kier alpha value is -4.68. The normalized spacial score (nSPS) is 20.3. The van der Waals surface area contributed by atoms with Crippen LogP contribution in [-0.4, -0.2) is 54.1 Å². The zero-order chi connectivity index (χ0) is 31.4. The maximum Gasteiger partial charge on any atom is 0.230 e. The van der Waals surface area contributed by atoms with Crippen LogP contribution in [0.5, 0.6) is 23.1 Å². The molecule has 2 fully saturated rings. The number of carbonyl (C=O) groups excluding carboxylic acids is 2. The Kier molecular flexibility index (Phi) is 8.85. The number of thiocarbonyl (C=S) groups is 1. The first kappa shape index (κ1) is 30.4. The van der Waals surface area contributed by atoms with Gasteiger partial charge in [0.15, 0.2) is 28.2 Å². The number of hydrogen-bond donors (Lipinski definition) is 3. The highest BCUT2D eigenvalue weighted by molar-refractivity contribution is 7.80. The van der Waals surface area contributed by atoms with Crippen molar-refractivity contribution in [2.45, 2.75) is 19.3 Å². The van der Waals surface area contributed by atoms with Gasteiger partial charge in [-0.25, -0.2) is 14.4 Å². The number of aromatic nitrogens is 2. The van der Waals surface area contributed by atoms with Crippen LogP contribution in [0.4, 0.5) is 10.1 Å². The van der Waals surface area contributed by atoms with Gasteiger partial charge in [0, 0.05) is 29.8 Å². The summed E-state index contributed by atoms with van der Waals surface area (Å²) in [4.78, 5) is 32.7. The molecule has 2 heterocycles. The highest BCUT2D eigenvalue weighted by Crippen LogP contribution is 2.48. The molecule has 2 aliphatic rings. The summed E-state index contributed by atoms with van der Waals surface area (Å²) in [5.41, 5.74) is 1.42. The summed E-state index contributed by atoms with van der Waals surface area (Å²) in [5, 5.41) is 9.30. The number of ether oxygens (including phenoxy) is 3. The standard InChI is InChI=1S/C33H32FN5O5S/c1-42-28-12-24-26(13-29(28)43-16-21-9-22-15-35-17-33(22,14-21)18-40)36-19-37-31(24)44-27-8-7-23(11-25(27)34)38-32(45)39-30(41)10-20-5-3-2-4-6-20/h2-8,11-13,18-19,21-22,35H,9-10,14-17H2,1H3,(H2,38,39,41,45)/t21-,22+,33-/m1/s1. The van der Waals surface area contributed by atoms with Gasteiger partial charge in [0.05, 0.1) is 31.0 Å². The smallest absolute Gasteiger partial charge is 0.230 e. The van der Waals surface area contributed by atoms with E-state index in [1.165, 1.54) is 25.6 Å². The lowest BCUT2D eigenvalue weighted by atomic mass is 9.82. The van der Waals surface area contributed by atoms with Gasteiger partial charge in [-0.3, -0.25) is 4.79 Å². The highest BCUT2D eigenvalue weighted by Gasteiger charge is 2.50. The second kappa shape index (κ2) is 13.1. The van der Waals surface area contributed by atoms with Crippen LogP contribution in [0.2, 0.25) is 0 Å². The zero-order valence-electron chi connectivity index (χ0n) is 24.5. The van der Waals surface area contributed by atoms with E-state index in [0.29, 0.717) is 40.6 Å². The van der Waals surface area contributed by atoms with E-state index in [1.807, 2.05) is 30.3 Å². The number of anilines is 1. The average Bonchev–Trinajstić information content (AvgIpc) is 3.59. The Morgan fingerprint density at radius 3 is 2.73 bits per heavy atom. The second-order valence-corrected chi connectivity index (χ2v) is 11.8. The van der Waals surface area contributed by atoms with Gasteiger partial charge in [0.1, 0.15) is 12.6 Å². The molecule has 1 saturated heterocycles. The number of aldehydes is 1. The molecule has 0 radical (unpaired) electrons. The molecule has 1 amide bonds. The van der Waals surface area contributed by atoms with Gasteiger partial charge in [0.25, 0.3) is 0 Å². The van der Waals surface area contributed by atoms with E-state index in [-0.39, 0.29) is 40.4 Å². The first-order valence-corrected chi connectivity index (χ1v) is 15.0. The molecule has 10 nitrogen and oxygen atoms in total. The summed E-state index contributed by atoms with van der Waals surface area (Å²) < 4.78 is 32.8. The molecular formula is C33H32FN5O5S. The topological polar surface area (TPSA) is 124 Å². The SMILES string of the molecule is COc1cc2c(Oc3ccc(NC(=S)NC(=O)Cc4ccccc4)cc3F)ncnc2cc1OC[C@@H]1C[C@H]2CNC[C@@]2(C=O)C1. The number of amides is 1. The Bertz CT molecular complexity index is 1740. The number of halogens is 1. The largest absolute Gasteiger partial charge is 0.493 e. The van der Waals surface area contributed by atoms with Gasteiger partial charge >= 0.3 is 0 Å². The minimum Gasteiger partial charge on any atom is -0.493 e. The van der Waals surface area contributed by atoms with Crippen molar-refractivity contribution in [2.24, 2.45) is 17.3 Å². The van der Waals surface area contributed by atoms with Crippen molar-refractivity contribution in [3.05, 3.63) is 78.4 Å². The van der Waals surface area contributed by atoms with E-state index >= 15 is 4.39 Å². The average molecular weight is 630 g/mol. The third kappa shape index (κ3) is 6.71. The number of nitrogens with one attached hydrogen (secondary N) is 3. The molecule has 12 heteroatoms. The van der Waals surface area contributed by atoms with E-state index in [0.717, 1.165) is 37.8 Å². The second-order valence-electron chi connectivity index (χ2n) is 11.4. The molecule has 1 aromatic heterocycles. The van der Waals surface area contributed by atoms with E-state index < -0.39 is 5.82 Å². The summed E-state index contributed by atoms with van der Waals surface area (Å²) in [5.74, 6) is 0.675. The van der Waals surface area contributed by atoms with Crippen LogP contribution < -0.4 is 30.2 Å². The Morgan fingerprint density at radius 1 is 1.13 bits per heavy atom. The van der Waals surface area contributed by atoms with E-state index in [2.05, 4.69) is 25.9 Å². The lowest BCUT2D eigenvalue weighted by Gasteiger charge is -2.20. The summed E-state index contributed by atoms with van der Waals surface area (Å²) in [6.07, 6.45) is 4.32. The quantitative estimate of drug-likeness (QED) is 0.166. The number of benzene rings is 3. The van der Waals surface area contributed by atoms with Crippen LogP contribution >= 0.6 is 12.2 Å². The maximum atomic E-state index is 15.1. The van der Waals surface area contributed by atoms with E-state index in [9.17, 15) is 9.59 Å². The van der Waals surface area contributed by atoms with Crippen LogP contribution in [0.25, 0.3) is 10.9 Å². The predicted molar refractivity (Wildman–Crippen MR) is 170 cm³/mol. The summed E-state index contributed by atoms with van der Waals surface area (Å²) in [6.45, 7) is 2.03. The molecular weight excluding hydrogens is 597 g/mol. The number of nitrogens with zero attached hydrogens (tertiary/aromatic N) is 2. The summed E-state index contributed by atoms with van der Waals surface area (Å²) in [7, 11) is 1.53. The number of methoxy groups -OCH3 is 1. The summed E-state index contributed by atoms with van der Waals surface area (Å²) >= 11 is 5.22. The fourth-order valence-electron chi connectivity index (χ4n) is 6.20. The van der Waals surface area contributed by atoms with E-state index in [4.69, 9.17) is 26.4 Å². The van der Waals surface area contributed by atoms with E-state index in [1.54, 1.807) is 18.2 Å². The summed E-state index contributed by atoms with van der Waals surface area (Å²) in [6, 6.07) is 16.9. The Morgan fingerprint density at radius 2 is 1.98 bits per heavy atom. The van der Waals surface area contributed by atoms with Crippen LogP contribution in [0.15, 0.2) is 67.0 Å². The molecule has 4 aromatic rings. The van der Waals surface area contributed by atoms with Gasteiger partial charge in [-0.15, -0.1) is 0 Å². The van der Waals surface area contributed by atoms with Crippen LogP contribution in [0, 0.1) is 23.1 Å². The van der Waals surface area contributed by atoms with Crippen molar-refractivity contribution in [1.82, 2.24) is 20.6 Å². The van der Waals surface area contributed by atoms with Gasteiger partial charge in [-0.05, 0) is 67.2 Å². The highest BCUT2D eigenvalue weighted by atomic mass is 32.1.